The second-order valence-electron chi connectivity index (χ2n) is 7.04. The molecule has 0 amide bonds. The molecule has 1 fully saturated rings. The van der Waals surface area contributed by atoms with Crippen LogP contribution in [0.3, 0.4) is 0 Å². The van der Waals surface area contributed by atoms with Gasteiger partial charge >= 0.3 is 7.12 Å². The van der Waals surface area contributed by atoms with Crippen molar-refractivity contribution in [3.8, 4) is 0 Å². The Labute approximate surface area is 116 Å². The summed E-state index contributed by atoms with van der Waals surface area (Å²) in [5.74, 6) is 0. The number of rotatable bonds is 2. The van der Waals surface area contributed by atoms with E-state index in [1.165, 1.54) is 9.28 Å². The molecule has 0 aliphatic carbocycles. The Balaban J connectivity index is 2.23. The fourth-order valence-electron chi connectivity index (χ4n) is 1.84. The molecule has 0 bridgehead atoms. The van der Waals surface area contributed by atoms with E-state index in [-0.39, 0.29) is 18.3 Å². The fraction of sp³-hybridized carbons (Fsp3) is 0.692. The third-order valence-electron chi connectivity index (χ3n) is 3.85. The highest BCUT2D eigenvalue weighted by Crippen LogP contribution is 2.36. The Kier molecular flexibility index (Phi) is 3.34. The molecular weight excluding hydrogens is 259 g/mol. The molecular formula is C13H23BO2SSi. The van der Waals surface area contributed by atoms with E-state index in [0.29, 0.717) is 0 Å². The zero-order valence-corrected chi connectivity index (χ0v) is 14.3. The lowest BCUT2D eigenvalue weighted by Crippen LogP contribution is -2.41. The molecule has 1 aromatic rings. The van der Waals surface area contributed by atoms with E-state index in [1.807, 2.05) is 11.3 Å². The highest BCUT2D eigenvalue weighted by atomic mass is 32.1. The van der Waals surface area contributed by atoms with E-state index in [9.17, 15) is 0 Å². The molecule has 1 saturated heterocycles. The molecule has 100 valence electrons. The van der Waals surface area contributed by atoms with Crippen LogP contribution in [0, 0.1) is 0 Å². The average Bonchev–Trinajstić information content (AvgIpc) is 2.69. The molecule has 2 heterocycles. The SMILES string of the molecule is CC1(C)OB(c2ccc([Si](C)(C)C)s2)OC1(C)C. The minimum absolute atomic E-state index is 0.204. The number of hydrogen-bond acceptors (Lipinski definition) is 3. The molecule has 0 radical (unpaired) electrons. The van der Waals surface area contributed by atoms with Crippen molar-refractivity contribution in [2.75, 3.05) is 0 Å². The van der Waals surface area contributed by atoms with E-state index in [1.54, 1.807) is 0 Å². The summed E-state index contributed by atoms with van der Waals surface area (Å²) in [5, 5.41) is 0. The van der Waals surface area contributed by atoms with Gasteiger partial charge in [0.25, 0.3) is 0 Å². The lowest BCUT2D eigenvalue weighted by Gasteiger charge is -2.32. The van der Waals surface area contributed by atoms with Crippen molar-refractivity contribution >= 4 is 35.8 Å². The number of thiophene rings is 1. The summed E-state index contributed by atoms with van der Waals surface area (Å²) in [6, 6.07) is 4.41. The smallest absolute Gasteiger partial charge is 0.399 e. The fourth-order valence-corrected chi connectivity index (χ4v) is 4.72. The van der Waals surface area contributed by atoms with Gasteiger partial charge in [-0.1, -0.05) is 31.8 Å². The molecule has 5 heteroatoms. The highest BCUT2D eigenvalue weighted by Gasteiger charge is 2.52. The molecule has 18 heavy (non-hydrogen) atoms. The molecule has 1 aliphatic heterocycles. The van der Waals surface area contributed by atoms with Crippen molar-refractivity contribution in [2.45, 2.75) is 58.5 Å². The monoisotopic (exact) mass is 282 g/mol. The lowest BCUT2D eigenvalue weighted by atomic mass is 9.88. The van der Waals surface area contributed by atoms with Crippen LogP contribution in [0.25, 0.3) is 0 Å². The first-order valence-corrected chi connectivity index (χ1v) is 10.8. The minimum atomic E-state index is -1.23. The summed E-state index contributed by atoms with van der Waals surface area (Å²) in [7, 11) is -1.43. The molecule has 0 atom stereocenters. The van der Waals surface area contributed by atoms with Gasteiger partial charge in [-0.2, -0.15) is 11.3 Å². The van der Waals surface area contributed by atoms with Gasteiger partial charge in [0.1, 0.15) is 0 Å². The van der Waals surface area contributed by atoms with E-state index in [0.717, 1.165) is 0 Å². The van der Waals surface area contributed by atoms with Crippen LogP contribution in [0.2, 0.25) is 19.6 Å². The third-order valence-corrected chi connectivity index (χ3v) is 8.56. The Morgan fingerprint density at radius 1 is 1.00 bits per heavy atom. The predicted molar refractivity (Wildman–Crippen MR) is 83.0 cm³/mol. The third kappa shape index (κ3) is 2.46. The van der Waals surface area contributed by atoms with Gasteiger partial charge in [0.2, 0.25) is 0 Å². The first-order valence-electron chi connectivity index (χ1n) is 6.49. The van der Waals surface area contributed by atoms with Gasteiger partial charge < -0.3 is 9.31 Å². The summed E-state index contributed by atoms with van der Waals surface area (Å²) >= 11 is 1.85. The molecule has 0 unspecified atom stereocenters. The van der Waals surface area contributed by atoms with Gasteiger partial charge in [-0.25, -0.2) is 0 Å². The van der Waals surface area contributed by atoms with Gasteiger partial charge in [0, 0.05) is 4.78 Å². The molecule has 0 saturated carbocycles. The Morgan fingerprint density at radius 2 is 1.50 bits per heavy atom. The summed E-state index contributed by atoms with van der Waals surface area (Å²) in [6.07, 6.45) is 0. The van der Waals surface area contributed by atoms with Crippen molar-refractivity contribution in [1.29, 1.82) is 0 Å². The molecule has 1 aromatic heterocycles. The van der Waals surface area contributed by atoms with Crippen LogP contribution >= 0.6 is 11.3 Å². The maximum atomic E-state index is 6.08. The zero-order valence-electron chi connectivity index (χ0n) is 12.5. The lowest BCUT2D eigenvalue weighted by molar-refractivity contribution is 0.00578. The Hall–Kier alpha value is -0.0982. The zero-order chi connectivity index (χ0) is 13.8. The first kappa shape index (κ1) is 14.3. The van der Waals surface area contributed by atoms with Crippen molar-refractivity contribution in [3.05, 3.63) is 12.1 Å². The molecule has 2 rings (SSSR count). The van der Waals surface area contributed by atoms with E-state index < -0.39 is 8.07 Å². The number of hydrogen-bond donors (Lipinski definition) is 0. The van der Waals surface area contributed by atoms with Crippen molar-refractivity contribution in [2.24, 2.45) is 0 Å². The summed E-state index contributed by atoms with van der Waals surface area (Å²) in [6.45, 7) is 15.5. The topological polar surface area (TPSA) is 18.5 Å². The predicted octanol–water partition coefficient (Wildman–Crippen LogP) is 2.59. The second-order valence-corrected chi connectivity index (χ2v) is 13.6. The van der Waals surface area contributed by atoms with Crippen LogP contribution in [-0.2, 0) is 9.31 Å². The van der Waals surface area contributed by atoms with Crippen LogP contribution in [-0.4, -0.2) is 26.4 Å². The van der Waals surface area contributed by atoms with Gasteiger partial charge in [-0.3, -0.25) is 0 Å². The van der Waals surface area contributed by atoms with Gasteiger partial charge in [-0.15, -0.1) is 0 Å². The minimum Gasteiger partial charge on any atom is -0.399 e. The van der Waals surface area contributed by atoms with Gasteiger partial charge in [-0.05, 0) is 32.2 Å². The van der Waals surface area contributed by atoms with Crippen LogP contribution in [0.5, 0.6) is 0 Å². The molecule has 0 spiro atoms. The maximum Gasteiger partial charge on any atom is 0.505 e. The Morgan fingerprint density at radius 3 is 1.89 bits per heavy atom. The standard InChI is InChI=1S/C13H23BO2SSi/c1-12(2)13(3,4)16-14(15-12)10-8-9-11(17-10)18(5,6)7/h8-9H,1-7H3. The van der Waals surface area contributed by atoms with E-state index >= 15 is 0 Å². The quantitative estimate of drug-likeness (QED) is 0.776. The van der Waals surface area contributed by atoms with Gasteiger partial charge in [0.05, 0.1) is 19.3 Å². The van der Waals surface area contributed by atoms with Crippen LogP contribution in [0.4, 0.5) is 0 Å². The summed E-state index contributed by atoms with van der Waals surface area (Å²) in [4.78, 5) is 0. The first-order chi connectivity index (χ1) is 8.03. The van der Waals surface area contributed by atoms with Gasteiger partial charge in [0.15, 0.2) is 0 Å². The largest absolute Gasteiger partial charge is 0.505 e. The van der Waals surface area contributed by atoms with Crippen LogP contribution in [0.15, 0.2) is 12.1 Å². The molecule has 1 aliphatic rings. The molecule has 2 nitrogen and oxygen atoms in total. The molecule has 0 aromatic carbocycles. The Bertz CT molecular complexity index is 432. The van der Waals surface area contributed by atoms with E-state index in [4.69, 9.17) is 9.31 Å². The highest BCUT2D eigenvalue weighted by molar-refractivity contribution is 7.33. The van der Waals surface area contributed by atoms with E-state index in [2.05, 4.69) is 59.5 Å². The average molecular weight is 282 g/mol. The second kappa shape index (κ2) is 4.20. The van der Waals surface area contributed by atoms with Crippen molar-refractivity contribution in [1.82, 2.24) is 0 Å². The van der Waals surface area contributed by atoms with Crippen LogP contribution < -0.4 is 9.28 Å². The summed E-state index contributed by atoms with van der Waals surface area (Å²) in [5.41, 5.74) is -0.498. The van der Waals surface area contributed by atoms with Crippen molar-refractivity contribution in [3.63, 3.8) is 0 Å². The molecule has 0 N–H and O–H groups in total. The summed E-state index contributed by atoms with van der Waals surface area (Å²) < 4.78 is 14.9. The van der Waals surface area contributed by atoms with Crippen LogP contribution in [0.1, 0.15) is 27.7 Å². The van der Waals surface area contributed by atoms with Crippen molar-refractivity contribution < 1.29 is 9.31 Å². The maximum absolute atomic E-state index is 6.08. The normalized spacial score (nSPS) is 22.5.